The Morgan fingerprint density at radius 1 is 0.952 bits per heavy atom. The zero-order valence-corrected chi connectivity index (χ0v) is 11.3. The zero-order chi connectivity index (χ0) is 14.8. The van der Waals surface area contributed by atoms with Gasteiger partial charge in [-0.2, -0.15) is 0 Å². The van der Waals surface area contributed by atoms with Gasteiger partial charge in [-0.15, -0.1) is 0 Å². The van der Waals surface area contributed by atoms with Gasteiger partial charge in [-0.05, 0) is 23.1 Å². The van der Waals surface area contributed by atoms with Crippen LogP contribution in [-0.4, -0.2) is 10.5 Å². The van der Waals surface area contributed by atoms with Crippen LogP contribution in [0.5, 0.6) is 0 Å². The topological polar surface area (TPSA) is 65.1 Å². The fourth-order valence-corrected chi connectivity index (χ4v) is 2.51. The summed E-state index contributed by atoms with van der Waals surface area (Å²) in [4.78, 5) is 24.5. The van der Waals surface area contributed by atoms with E-state index >= 15 is 0 Å². The minimum absolute atomic E-state index is 0.222. The quantitative estimate of drug-likeness (QED) is 0.797. The Labute approximate surface area is 121 Å². The maximum atomic E-state index is 12.6. The first-order valence-electron chi connectivity index (χ1n) is 6.62. The van der Waals surface area contributed by atoms with Gasteiger partial charge in [-0.25, -0.2) is 0 Å². The largest absolute Gasteiger partial charge is 0.368 e. The Hall–Kier alpha value is -2.88. The first kappa shape index (κ1) is 13.1. The van der Waals surface area contributed by atoms with Gasteiger partial charge in [0.1, 0.15) is 6.04 Å². The smallest absolute Gasteiger partial charge is 0.259 e. The molecule has 1 atom stereocenters. The van der Waals surface area contributed by atoms with Crippen molar-refractivity contribution < 1.29 is 4.79 Å². The van der Waals surface area contributed by atoms with Crippen LogP contribution in [0.15, 0.2) is 71.7 Å². The molecular formula is C17H14N2O2. The number of rotatable bonds is 3. The maximum absolute atomic E-state index is 12.6. The van der Waals surface area contributed by atoms with Crippen molar-refractivity contribution in [2.75, 3.05) is 0 Å². The van der Waals surface area contributed by atoms with E-state index in [2.05, 4.69) is 0 Å². The molecule has 3 aromatic rings. The molecule has 0 aliphatic rings. The van der Waals surface area contributed by atoms with Crippen molar-refractivity contribution in [3.05, 3.63) is 82.8 Å². The molecule has 0 radical (unpaired) electrons. The van der Waals surface area contributed by atoms with Crippen molar-refractivity contribution >= 4 is 16.7 Å². The molecule has 1 aromatic heterocycles. The molecule has 21 heavy (non-hydrogen) atoms. The standard InChI is InChI=1S/C17H14N2O2/c18-16(20)15(13-7-2-1-3-8-13)19-11-10-12-6-4-5-9-14(12)17(19)21/h1-11,15H,(H2,18,20)/t15-/m1/s1. The second-order valence-corrected chi connectivity index (χ2v) is 4.83. The van der Waals surface area contributed by atoms with E-state index < -0.39 is 11.9 Å². The van der Waals surface area contributed by atoms with Crippen LogP contribution in [0.4, 0.5) is 0 Å². The van der Waals surface area contributed by atoms with E-state index in [1.165, 1.54) is 4.57 Å². The molecule has 0 aliphatic carbocycles. The highest BCUT2D eigenvalue weighted by molar-refractivity contribution is 5.84. The third-order valence-electron chi connectivity index (χ3n) is 3.50. The lowest BCUT2D eigenvalue weighted by Crippen LogP contribution is -2.34. The molecule has 0 saturated carbocycles. The van der Waals surface area contributed by atoms with E-state index in [9.17, 15) is 9.59 Å². The molecule has 0 bridgehead atoms. The van der Waals surface area contributed by atoms with E-state index in [4.69, 9.17) is 5.73 Å². The molecule has 2 aromatic carbocycles. The molecule has 1 amide bonds. The van der Waals surface area contributed by atoms with E-state index in [1.807, 2.05) is 36.4 Å². The van der Waals surface area contributed by atoms with E-state index in [0.717, 1.165) is 5.39 Å². The van der Waals surface area contributed by atoms with E-state index in [-0.39, 0.29) is 5.56 Å². The van der Waals surface area contributed by atoms with Crippen LogP contribution < -0.4 is 11.3 Å². The number of nitrogens with two attached hydrogens (primary N) is 1. The average molecular weight is 278 g/mol. The van der Waals surface area contributed by atoms with Crippen LogP contribution in [0.3, 0.4) is 0 Å². The summed E-state index contributed by atoms with van der Waals surface area (Å²) in [6.07, 6.45) is 1.62. The molecule has 0 saturated heterocycles. The number of amides is 1. The van der Waals surface area contributed by atoms with Crippen LogP contribution in [0.25, 0.3) is 10.8 Å². The molecule has 104 valence electrons. The first-order valence-corrected chi connectivity index (χ1v) is 6.62. The molecule has 4 heteroatoms. The number of carbonyl (C=O) groups is 1. The van der Waals surface area contributed by atoms with Crippen molar-refractivity contribution in [2.45, 2.75) is 6.04 Å². The van der Waals surface area contributed by atoms with Gasteiger partial charge in [0, 0.05) is 11.6 Å². The fourth-order valence-electron chi connectivity index (χ4n) is 2.51. The maximum Gasteiger partial charge on any atom is 0.259 e. The second kappa shape index (κ2) is 5.25. The fraction of sp³-hybridized carbons (Fsp3) is 0.0588. The molecular weight excluding hydrogens is 264 g/mol. The number of hydrogen-bond donors (Lipinski definition) is 1. The van der Waals surface area contributed by atoms with Gasteiger partial charge in [0.25, 0.3) is 5.56 Å². The van der Waals surface area contributed by atoms with Gasteiger partial charge in [0.05, 0.1) is 0 Å². The predicted molar refractivity (Wildman–Crippen MR) is 82.0 cm³/mol. The summed E-state index contributed by atoms with van der Waals surface area (Å²) in [5.41, 5.74) is 5.99. The number of nitrogens with zero attached hydrogens (tertiary/aromatic N) is 1. The Bertz CT molecular complexity index is 853. The molecule has 2 N–H and O–H groups in total. The highest BCUT2D eigenvalue weighted by atomic mass is 16.2. The summed E-state index contributed by atoms with van der Waals surface area (Å²) in [6.45, 7) is 0. The van der Waals surface area contributed by atoms with Crippen LogP contribution in [0.2, 0.25) is 0 Å². The number of aromatic nitrogens is 1. The average Bonchev–Trinajstić information content (AvgIpc) is 2.51. The van der Waals surface area contributed by atoms with Gasteiger partial charge >= 0.3 is 0 Å². The van der Waals surface area contributed by atoms with Crippen molar-refractivity contribution in [1.29, 1.82) is 0 Å². The van der Waals surface area contributed by atoms with Gasteiger partial charge in [-0.3, -0.25) is 14.2 Å². The SMILES string of the molecule is NC(=O)[C@@H](c1ccccc1)n1ccc2ccccc2c1=O. The van der Waals surface area contributed by atoms with Crippen molar-refractivity contribution in [3.8, 4) is 0 Å². The first-order chi connectivity index (χ1) is 10.2. The van der Waals surface area contributed by atoms with E-state index in [1.54, 1.807) is 30.5 Å². The Morgan fingerprint density at radius 2 is 1.62 bits per heavy atom. The molecule has 0 aliphatic heterocycles. The van der Waals surface area contributed by atoms with Gasteiger partial charge in [-0.1, -0.05) is 48.5 Å². The minimum Gasteiger partial charge on any atom is -0.368 e. The summed E-state index contributed by atoms with van der Waals surface area (Å²) >= 11 is 0. The number of hydrogen-bond acceptors (Lipinski definition) is 2. The summed E-state index contributed by atoms with van der Waals surface area (Å²) in [5.74, 6) is -0.557. The predicted octanol–water partition coefficient (Wildman–Crippen LogP) is 2.08. The number of fused-ring (bicyclic) bond motifs is 1. The lowest BCUT2D eigenvalue weighted by molar-refractivity contribution is -0.120. The van der Waals surface area contributed by atoms with Crippen molar-refractivity contribution in [1.82, 2.24) is 4.57 Å². The summed E-state index contributed by atoms with van der Waals surface area (Å²) in [6, 6.07) is 17.4. The van der Waals surface area contributed by atoms with Crippen molar-refractivity contribution in [2.24, 2.45) is 5.73 Å². The van der Waals surface area contributed by atoms with Gasteiger partial charge in [0.15, 0.2) is 0 Å². The van der Waals surface area contributed by atoms with Crippen molar-refractivity contribution in [3.63, 3.8) is 0 Å². The summed E-state index contributed by atoms with van der Waals surface area (Å²) in [7, 11) is 0. The Kier molecular flexibility index (Phi) is 3.28. The van der Waals surface area contributed by atoms with Gasteiger partial charge in [0.2, 0.25) is 5.91 Å². The molecule has 3 rings (SSSR count). The highest BCUT2D eigenvalue weighted by Gasteiger charge is 2.21. The molecule has 0 fully saturated rings. The zero-order valence-electron chi connectivity index (χ0n) is 11.3. The molecule has 1 heterocycles. The van der Waals surface area contributed by atoms with Gasteiger partial charge < -0.3 is 5.73 Å². The third kappa shape index (κ3) is 2.31. The number of pyridine rings is 1. The minimum atomic E-state index is -0.802. The van der Waals surface area contributed by atoms with Crippen LogP contribution >= 0.6 is 0 Å². The molecule has 0 spiro atoms. The molecule has 0 unspecified atom stereocenters. The monoisotopic (exact) mass is 278 g/mol. The van der Waals surface area contributed by atoms with E-state index in [0.29, 0.717) is 10.9 Å². The van der Waals surface area contributed by atoms with Crippen LogP contribution in [-0.2, 0) is 4.79 Å². The second-order valence-electron chi connectivity index (χ2n) is 4.83. The third-order valence-corrected chi connectivity index (χ3v) is 3.50. The number of primary amides is 1. The normalized spacial score (nSPS) is 12.2. The summed E-state index contributed by atoms with van der Waals surface area (Å²) in [5, 5.41) is 1.41. The lowest BCUT2D eigenvalue weighted by atomic mass is 10.1. The summed E-state index contributed by atoms with van der Waals surface area (Å²) < 4.78 is 1.39. The number of benzene rings is 2. The lowest BCUT2D eigenvalue weighted by Gasteiger charge is -2.17. The van der Waals surface area contributed by atoms with Crippen LogP contribution in [0, 0.1) is 0 Å². The highest BCUT2D eigenvalue weighted by Crippen LogP contribution is 2.18. The Balaban J connectivity index is 2.24. The Morgan fingerprint density at radius 3 is 2.33 bits per heavy atom. The molecule has 4 nitrogen and oxygen atoms in total. The van der Waals surface area contributed by atoms with Crippen LogP contribution in [0.1, 0.15) is 11.6 Å². The number of carbonyl (C=O) groups excluding carboxylic acids is 1.